The Morgan fingerprint density at radius 1 is 1.21 bits per heavy atom. The summed E-state index contributed by atoms with van der Waals surface area (Å²) in [5.41, 5.74) is 4.99. The summed E-state index contributed by atoms with van der Waals surface area (Å²) in [5, 5.41) is 3.81. The van der Waals surface area contributed by atoms with E-state index in [0.29, 0.717) is 22.7 Å². The minimum Gasteiger partial charge on any atom is -0.305 e. The van der Waals surface area contributed by atoms with Gasteiger partial charge in [0.15, 0.2) is 5.65 Å². The van der Waals surface area contributed by atoms with E-state index in [0.717, 1.165) is 29.1 Å². The van der Waals surface area contributed by atoms with Gasteiger partial charge in [-0.05, 0) is 39.6 Å². The zero-order valence-electron chi connectivity index (χ0n) is 14.4. The normalized spacial score (nSPS) is 11.6. The van der Waals surface area contributed by atoms with E-state index in [4.69, 9.17) is 16.6 Å². The summed E-state index contributed by atoms with van der Waals surface area (Å²) in [4.78, 5) is 19.7. The summed E-state index contributed by atoms with van der Waals surface area (Å²) in [6, 6.07) is 7.58. The van der Waals surface area contributed by atoms with Gasteiger partial charge in [0.25, 0.3) is 5.56 Å². The Bertz CT molecular complexity index is 956. The maximum atomic E-state index is 13.0. The van der Waals surface area contributed by atoms with Crippen LogP contribution >= 0.6 is 11.6 Å². The Hall–Kier alpha value is -2.11. The van der Waals surface area contributed by atoms with Gasteiger partial charge in [-0.25, -0.2) is 9.50 Å². The molecule has 126 valence electrons. The molecule has 5 nitrogen and oxygen atoms in total. The number of nitrogens with one attached hydrogen (secondary N) is 1. The zero-order valence-corrected chi connectivity index (χ0v) is 15.1. The second kappa shape index (κ2) is 6.42. The number of hydrogen-bond acceptors (Lipinski definition) is 3. The highest BCUT2D eigenvalue weighted by Gasteiger charge is 2.17. The molecule has 0 spiro atoms. The Balaban J connectivity index is 2.15. The molecular formula is C18H21ClN4O. The first-order chi connectivity index (χ1) is 11.4. The molecule has 0 saturated carbocycles. The van der Waals surface area contributed by atoms with Crippen molar-refractivity contribution in [2.45, 2.75) is 26.8 Å². The number of benzene rings is 1. The molecule has 1 N–H and O–H groups in total. The molecule has 6 heteroatoms. The molecule has 0 aliphatic heterocycles. The average molecular weight is 345 g/mol. The largest absolute Gasteiger partial charge is 0.305 e. The number of aromatic amines is 1. The SMILES string of the molecule is Cc1nc2c(CN(C)C)c(C)[nH]n2c(=O)c1Cc1ccccc1Cl. The van der Waals surface area contributed by atoms with Crippen molar-refractivity contribution in [2.24, 2.45) is 0 Å². The lowest BCUT2D eigenvalue weighted by Crippen LogP contribution is -2.22. The van der Waals surface area contributed by atoms with Crippen LogP contribution in [0, 0.1) is 13.8 Å². The summed E-state index contributed by atoms with van der Waals surface area (Å²) in [5.74, 6) is 0. The van der Waals surface area contributed by atoms with Crippen molar-refractivity contribution >= 4 is 17.2 Å². The van der Waals surface area contributed by atoms with Crippen molar-refractivity contribution in [3.63, 3.8) is 0 Å². The summed E-state index contributed by atoms with van der Waals surface area (Å²) in [7, 11) is 4.00. The monoisotopic (exact) mass is 344 g/mol. The van der Waals surface area contributed by atoms with E-state index in [-0.39, 0.29) is 5.56 Å². The lowest BCUT2D eigenvalue weighted by Gasteiger charge is -2.10. The Labute approximate surface area is 145 Å². The molecule has 0 aliphatic rings. The highest BCUT2D eigenvalue weighted by atomic mass is 35.5. The Kier molecular flexibility index (Phi) is 4.47. The third kappa shape index (κ3) is 2.97. The number of rotatable bonds is 4. The van der Waals surface area contributed by atoms with Gasteiger partial charge in [0.1, 0.15) is 0 Å². The third-order valence-corrected chi connectivity index (χ3v) is 4.55. The van der Waals surface area contributed by atoms with Crippen LogP contribution < -0.4 is 5.56 Å². The molecule has 1 aromatic carbocycles. The van der Waals surface area contributed by atoms with Crippen LogP contribution in [0.4, 0.5) is 0 Å². The standard InChI is InChI=1S/C18H21ClN4O/c1-11-14(9-13-7-5-6-8-16(13)19)18(24)23-17(20-11)15(10-22(3)4)12(2)21-23/h5-8,21H,9-10H2,1-4H3. The van der Waals surface area contributed by atoms with Gasteiger partial charge in [-0.15, -0.1) is 0 Å². The molecule has 0 atom stereocenters. The molecule has 2 aromatic heterocycles. The van der Waals surface area contributed by atoms with Gasteiger partial charge < -0.3 is 4.90 Å². The smallest absolute Gasteiger partial charge is 0.276 e. The van der Waals surface area contributed by atoms with E-state index in [9.17, 15) is 4.79 Å². The van der Waals surface area contributed by atoms with Crippen molar-refractivity contribution in [3.05, 3.63) is 67.7 Å². The van der Waals surface area contributed by atoms with E-state index in [2.05, 4.69) is 10.00 Å². The number of halogens is 1. The van der Waals surface area contributed by atoms with Crippen molar-refractivity contribution in [1.29, 1.82) is 0 Å². The van der Waals surface area contributed by atoms with Crippen molar-refractivity contribution < 1.29 is 0 Å². The zero-order chi connectivity index (χ0) is 17.4. The van der Waals surface area contributed by atoms with Crippen LogP contribution in [-0.2, 0) is 13.0 Å². The van der Waals surface area contributed by atoms with E-state index >= 15 is 0 Å². The van der Waals surface area contributed by atoms with Gasteiger partial charge in [-0.2, -0.15) is 0 Å². The second-order valence-corrected chi connectivity index (χ2v) is 6.77. The summed E-state index contributed by atoms with van der Waals surface area (Å²) >= 11 is 6.24. The maximum Gasteiger partial charge on any atom is 0.276 e. The first-order valence-electron chi connectivity index (χ1n) is 7.86. The predicted molar refractivity (Wildman–Crippen MR) is 96.9 cm³/mol. The van der Waals surface area contributed by atoms with Gasteiger partial charge in [0, 0.05) is 40.5 Å². The molecule has 0 saturated heterocycles. The summed E-state index contributed by atoms with van der Waals surface area (Å²) in [6.45, 7) is 4.58. The highest BCUT2D eigenvalue weighted by Crippen LogP contribution is 2.20. The molecule has 0 amide bonds. The van der Waals surface area contributed by atoms with E-state index in [1.165, 1.54) is 0 Å². The van der Waals surface area contributed by atoms with Crippen LogP contribution in [0.15, 0.2) is 29.1 Å². The van der Waals surface area contributed by atoms with Gasteiger partial charge in [-0.3, -0.25) is 9.89 Å². The van der Waals surface area contributed by atoms with E-state index in [1.807, 2.05) is 52.2 Å². The molecular weight excluding hydrogens is 324 g/mol. The fourth-order valence-corrected chi connectivity index (χ4v) is 3.12. The van der Waals surface area contributed by atoms with Crippen LogP contribution in [0.2, 0.25) is 5.02 Å². The molecule has 0 bridgehead atoms. The number of nitrogens with zero attached hydrogens (tertiary/aromatic N) is 3. The van der Waals surface area contributed by atoms with Crippen LogP contribution in [0.25, 0.3) is 5.65 Å². The number of aromatic nitrogens is 3. The number of hydrogen-bond donors (Lipinski definition) is 1. The van der Waals surface area contributed by atoms with Crippen LogP contribution in [-0.4, -0.2) is 33.6 Å². The highest BCUT2D eigenvalue weighted by molar-refractivity contribution is 6.31. The Morgan fingerprint density at radius 2 is 1.92 bits per heavy atom. The minimum absolute atomic E-state index is 0.0643. The van der Waals surface area contributed by atoms with Crippen molar-refractivity contribution in [2.75, 3.05) is 14.1 Å². The fraction of sp³-hybridized carbons (Fsp3) is 0.333. The lowest BCUT2D eigenvalue weighted by atomic mass is 10.0. The lowest BCUT2D eigenvalue weighted by molar-refractivity contribution is 0.402. The summed E-state index contributed by atoms with van der Waals surface area (Å²) < 4.78 is 1.55. The van der Waals surface area contributed by atoms with Gasteiger partial charge in [0.2, 0.25) is 0 Å². The van der Waals surface area contributed by atoms with Gasteiger partial charge in [0.05, 0.1) is 0 Å². The second-order valence-electron chi connectivity index (χ2n) is 6.36. The van der Waals surface area contributed by atoms with Gasteiger partial charge in [-0.1, -0.05) is 29.8 Å². The number of aryl methyl sites for hydroxylation is 2. The molecule has 0 unspecified atom stereocenters. The fourth-order valence-electron chi connectivity index (χ4n) is 2.91. The average Bonchev–Trinajstić information content (AvgIpc) is 2.82. The van der Waals surface area contributed by atoms with Crippen LogP contribution in [0.5, 0.6) is 0 Å². The number of H-pyrrole nitrogens is 1. The van der Waals surface area contributed by atoms with Gasteiger partial charge >= 0.3 is 0 Å². The molecule has 0 aliphatic carbocycles. The van der Waals surface area contributed by atoms with Crippen LogP contribution in [0.1, 0.15) is 28.1 Å². The first kappa shape index (κ1) is 16.7. The maximum absolute atomic E-state index is 13.0. The number of fused-ring (bicyclic) bond motifs is 1. The van der Waals surface area contributed by atoms with Crippen molar-refractivity contribution in [1.82, 2.24) is 19.5 Å². The quantitative estimate of drug-likeness (QED) is 0.791. The Morgan fingerprint density at radius 3 is 2.58 bits per heavy atom. The molecule has 0 fully saturated rings. The van der Waals surface area contributed by atoms with Crippen LogP contribution in [0.3, 0.4) is 0 Å². The van der Waals surface area contributed by atoms with E-state index in [1.54, 1.807) is 4.52 Å². The molecule has 2 heterocycles. The topological polar surface area (TPSA) is 53.4 Å². The first-order valence-corrected chi connectivity index (χ1v) is 8.24. The molecule has 24 heavy (non-hydrogen) atoms. The third-order valence-electron chi connectivity index (χ3n) is 4.18. The molecule has 3 rings (SSSR count). The molecule has 0 radical (unpaired) electrons. The predicted octanol–water partition coefficient (Wildman–Crippen LogP) is 2.95. The molecule has 3 aromatic rings. The minimum atomic E-state index is -0.0643. The van der Waals surface area contributed by atoms with Crippen molar-refractivity contribution in [3.8, 4) is 0 Å². The van der Waals surface area contributed by atoms with E-state index < -0.39 is 0 Å². The summed E-state index contributed by atoms with van der Waals surface area (Å²) in [6.07, 6.45) is 0.474.